The number of halogens is 4. The van der Waals surface area contributed by atoms with E-state index >= 15 is 0 Å². The first-order valence-electron chi connectivity index (χ1n) is 8.19. The van der Waals surface area contributed by atoms with Crippen molar-refractivity contribution in [2.24, 2.45) is 0 Å². The number of rotatable bonds is 4. The molecule has 1 aromatic carbocycles. The van der Waals surface area contributed by atoms with Gasteiger partial charge in [0.2, 0.25) is 0 Å². The van der Waals surface area contributed by atoms with Gasteiger partial charge in [-0.3, -0.25) is 9.59 Å². The zero-order valence-corrected chi connectivity index (χ0v) is 16.2. The Balaban J connectivity index is 1.81. The molecule has 0 atom stereocenters. The van der Waals surface area contributed by atoms with Crippen LogP contribution in [0.25, 0.3) is 0 Å². The predicted molar refractivity (Wildman–Crippen MR) is 106 cm³/mol. The number of nitrogens with one attached hydrogen (secondary N) is 1. The van der Waals surface area contributed by atoms with Gasteiger partial charge in [0, 0.05) is 17.8 Å². The lowest BCUT2D eigenvalue weighted by Crippen LogP contribution is -2.26. The van der Waals surface area contributed by atoms with Crippen molar-refractivity contribution < 1.29 is 18.0 Å². The number of pyridine rings is 1. The molecule has 29 heavy (non-hydrogen) atoms. The van der Waals surface area contributed by atoms with Crippen molar-refractivity contribution in [3.8, 4) is 11.8 Å². The van der Waals surface area contributed by atoms with Crippen molar-refractivity contribution >= 4 is 34.5 Å². The molecule has 4 nitrogen and oxygen atoms in total. The van der Waals surface area contributed by atoms with E-state index in [1.807, 2.05) is 30.3 Å². The van der Waals surface area contributed by atoms with Crippen molar-refractivity contribution in [1.29, 1.82) is 0 Å². The van der Waals surface area contributed by atoms with E-state index in [0.29, 0.717) is 14.5 Å². The van der Waals surface area contributed by atoms with Gasteiger partial charge in [0.25, 0.3) is 17.9 Å². The predicted octanol–water partition coefficient (Wildman–Crippen LogP) is 4.62. The van der Waals surface area contributed by atoms with Crippen molar-refractivity contribution in [3.05, 3.63) is 85.2 Å². The standard InChI is InChI=1S/C20H12ClF3N2O2S/c21-18-13(7-6-12-4-2-1-3-5-12)8-16(29-18)19(27)25-14-9-15(22)20(28)26(10-14)11-17(23)24/h1-5,8-10,17H,11H2,(H,25,27). The minimum absolute atomic E-state index is 0.130. The Bertz CT molecular complexity index is 1160. The molecule has 2 heterocycles. The van der Waals surface area contributed by atoms with Crippen LogP contribution in [0.5, 0.6) is 0 Å². The van der Waals surface area contributed by atoms with E-state index in [0.717, 1.165) is 29.2 Å². The van der Waals surface area contributed by atoms with Crippen molar-refractivity contribution in [2.75, 3.05) is 5.32 Å². The number of nitrogens with zero attached hydrogens (tertiary/aromatic N) is 1. The quantitative estimate of drug-likeness (QED) is 0.607. The summed E-state index contributed by atoms with van der Waals surface area (Å²) in [6, 6.07) is 11.4. The van der Waals surface area contributed by atoms with Gasteiger partial charge in [-0.15, -0.1) is 11.3 Å². The highest BCUT2D eigenvalue weighted by Crippen LogP contribution is 2.28. The fraction of sp³-hybridized carbons (Fsp3) is 0.100. The molecule has 1 amide bonds. The summed E-state index contributed by atoms with van der Waals surface area (Å²) in [5, 5.41) is 2.37. The fourth-order valence-electron chi connectivity index (χ4n) is 2.37. The number of hydrogen-bond acceptors (Lipinski definition) is 3. The normalized spacial score (nSPS) is 10.5. The number of benzene rings is 1. The number of aromatic nitrogens is 1. The van der Waals surface area contributed by atoms with E-state index in [1.54, 1.807) is 0 Å². The smallest absolute Gasteiger partial charge is 0.286 e. The van der Waals surface area contributed by atoms with Gasteiger partial charge in [-0.05, 0) is 18.2 Å². The van der Waals surface area contributed by atoms with Crippen LogP contribution in [0.3, 0.4) is 0 Å². The molecule has 148 valence electrons. The Hall–Kier alpha value is -3.02. The van der Waals surface area contributed by atoms with E-state index < -0.39 is 30.3 Å². The molecule has 0 fully saturated rings. The number of thiophene rings is 1. The molecule has 0 radical (unpaired) electrons. The monoisotopic (exact) mass is 436 g/mol. The molecule has 3 aromatic rings. The van der Waals surface area contributed by atoms with Crippen LogP contribution in [0.15, 0.2) is 53.5 Å². The summed E-state index contributed by atoms with van der Waals surface area (Å²) in [4.78, 5) is 24.2. The van der Waals surface area contributed by atoms with Crippen LogP contribution in [0, 0.1) is 17.7 Å². The summed E-state index contributed by atoms with van der Waals surface area (Å²) in [6.45, 7) is -0.983. The molecule has 3 rings (SSSR count). The largest absolute Gasteiger partial charge is 0.320 e. The van der Waals surface area contributed by atoms with Gasteiger partial charge in [0.15, 0.2) is 5.82 Å². The summed E-state index contributed by atoms with van der Waals surface area (Å²) in [5.74, 6) is 3.92. The van der Waals surface area contributed by atoms with Crippen LogP contribution in [-0.2, 0) is 6.54 Å². The summed E-state index contributed by atoms with van der Waals surface area (Å²) in [5.41, 5.74) is -0.104. The lowest BCUT2D eigenvalue weighted by Gasteiger charge is -2.09. The maximum atomic E-state index is 13.7. The van der Waals surface area contributed by atoms with Crippen molar-refractivity contribution in [2.45, 2.75) is 13.0 Å². The second-order valence-electron chi connectivity index (χ2n) is 5.79. The van der Waals surface area contributed by atoms with E-state index in [4.69, 9.17) is 11.6 Å². The lowest BCUT2D eigenvalue weighted by molar-refractivity contribution is 0.103. The third-order valence-corrected chi connectivity index (χ3v) is 5.02. The summed E-state index contributed by atoms with van der Waals surface area (Å²) >= 11 is 7.10. The SMILES string of the molecule is O=C(Nc1cc(F)c(=O)n(CC(F)F)c1)c1cc(C#Cc2ccccc2)c(Cl)s1. The molecule has 0 saturated carbocycles. The molecule has 1 N–H and O–H groups in total. The highest BCUT2D eigenvalue weighted by molar-refractivity contribution is 7.18. The van der Waals surface area contributed by atoms with Gasteiger partial charge in [-0.25, -0.2) is 13.2 Å². The molecule has 0 unspecified atom stereocenters. The van der Waals surface area contributed by atoms with Crippen LogP contribution in [0.4, 0.5) is 18.9 Å². The van der Waals surface area contributed by atoms with Crippen molar-refractivity contribution in [3.63, 3.8) is 0 Å². The number of carbonyl (C=O) groups is 1. The van der Waals surface area contributed by atoms with Crippen LogP contribution in [0.2, 0.25) is 4.34 Å². The van der Waals surface area contributed by atoms with E-state index in [1.165, 1.54) is 6.07 Å². The van der Waals surface area contributed by atoms with E-state index in [9.17, 15) is 22.8 Å². The number of amides is 1. The first-order valence-corrected chi connectivity index (χ1v) is 9.39. The van der Waals surface area contributed by atoms with E-state index in [2.05, 4.69) is 17.2 Å². The van der Waals surface area contributed by atoms with E-state index in [-0.39, 0.29) is 10.6 Å². The van der Waals surface area contributed by atoms with Crippen LogP contribution < -0.4 is 10.9 Å². The van der Waals surface area contributed by atoms with Gasteiger partial charge in [0.1, 0.15) is 4.34 Å². The molecule has 0 aliphatic carbocycles. The third kappa shape index (κ3) is 5.28. The molecule has 0 saturated heterocycles. The molecule has 0 spiro atoms. The summed E-state index contributed by atoms with van der Waals surface area (Å²) in [6.07, 6.45) is -1.89. The first kappa shape index (κ1) is 20.7. The molecular formula is C20H12ClF3N2O2S. The zero-order chi connectivity index (χ0) is 21.0. The number of carbonyl (C=O) groups excluding carboxylic acids is 1. The molecular weight excluding hydrogens is 425 g/mol. The molecule has 2 aromatic heterocycles. The minimum Gasteiger partial charge on any atom is -0.320 e. The fourth-order valence-corrected chi connectivity index (χ4v) is 3.46. The average molecular weight is 437 g/mol. The Morgan fingerprint density at radius 3 is 2.62 bits per heavy atom. The maximum Gasteiger partial charge on any atom is 0.286 e. The zero-order valence-electron chi connectivity index (χ0n) is 14.6. The van der Waals surface area contributed by atoms with Crippen LogP contribution in [-0.4, -0.2) is 16.9 Å². The number of alkyl halides is 2. The molecule has 0 aliphatic heterocycles. The van der Waals surface area contributed by atoms with Crippen LogP contribution in [0.1, 0.15) is 20.8 Å². The topological polar surface area (TPSA) is 51.1 Å². The first-order chi connectivity index (χ1) is 13.8. The Morgan fingerprint density at radius 2 is 1.93 bits per heavy atom. The second-order valence-corrected chi connectivity index (χ2v) is 7.45. The summed E-state index contributed by atoms with van der Waals surface area (Å²) < 4.78 is 39.6. The van der Waals surface area contributed by atoms with Gasteiger partial charge >= 0.3 is 0 Å². The number of hydrogen-bond donors (Lipinski definition) is 1. The Labute approximate surface area is 172 Å². The lowest BCUT2D eigenvalue weighted by atomic mass is 10.2. The maximum absolute atomic E-state index is 13.7. The second kappa shape index (κ2) is 8.99. The molecule has 9 heteroatoms. The minimum atomic E-state index is -2.85. The number of anilines is 1. The Morgan fingerprint density at radius 1 is 1.21 bits per heavy atom. The van der Waals surface area contributed by atoms with Gasteiger partial charge in [-0.2, -0.15) is 0 Å². The summed E-state index contributed by atoms with van der Waals surface area (Å²) in [7, 11) is 0. The molecule has 0 bridgehead atoms. The van der Waals surface area contributed by atoms with Crippen molar-refractivity contribution in [1.82, 2.24) is 4.57 Å². The van der Waals surface area contributed by atoms with Gasteiger partial charge < -0.3 is 9.88 Å². The van der Waals surface area contributed by atoms with Gasteiger partial charge in [-0.1, -0.05) is 41.6 Å². The highest BCUT2D eigenvalue weighted by Gasteiger charge is 2.16. The van der Waals surface area contributed by atoms with Gasteiger partial charge in [0.05, 0.1) is 22.7 Å². The average Bonchev–Trinajstić information content (AvgIpc) is 3.05. The van der Waals surface area contributed by atoms with Crippen LogP contribution >= 0.6 is 22.9 Å². The Kier molecular flexibility index (Phi) is 6.42. The third-order valence-electron chi connectivity index (χ3n) is 3.66. The highest BCUT2D eigenvalue weighted by atomic mass is 35.5. The molecule has 0 aliphatic rings.